The van der Waals surface area contributed by atoms with Gasteiger partial charge in [-0.3, -0.25) is 4.99 Å². The molecule has 1 rings (SSSR count). The van der Waals surface area contributed by atoms with Crippen molar-refractivity contribution in [3.05, 3.63) is 0 Å². The van der Waals surface area contributed by atoms with E-state index in [0.29, 0.717) is 5.41 Å². The molecule has 0 heterocycles. The van der Waals surface area contributed by atoms with E-state index in [2.05, 4.69) is 25.8 Å². The summed E-state index contributed by atoms with van der Waals surface area (Å²) in [6.07, 6.45) is 7.01. The fourth-order valence-corrected chi connectivity index (χ4v) is 2.55. The first-order valence-electron chi connectivity index (χ1n) is 6.27. The van der Waals surface area contributed by atoms with E-state index in [-0.39, 0.29) is 6.17 Å². The molecule has 1 saturated carbocycles. The summed E-state index contributed by atoms with van der Waals surface area (Å²) in [5, 5.41) is 0. The average molecular weight is 210 g/mol. The van der Waals surface area contributed by atoms with E-state index in [0.717, 1.165) is 18.3 Å². The Morgan fingerprint density at radius 1 is 1.60 bits per heavy atom. The molecule has 0 aromatic rings. The van der Waals surface area contributed by atoms with Gasteiger partial charge in [-0.05, 0) is 43.4 Å². The normalized spacial score (nSPS) is 31.5. The van der Waals surface area contributed by atoms with E-state index in [1.807, 2.05) is 13.1 Å². The lowest BCUT2D eigenvalue weighted by molar-refractivity contribution is 0.232. The maximum atomic E-state index is 5.57. The van der Waals surface area contributed by atoms with Gasteiger partial charge < -0.3 is 5.73 Å². The molecule has 15 heavy (non-hydrogen) atoms. The van der Waals surface area contributed by atoms with Crippen molar-refractivity contribution in [2.45, 2.75) is 59.5 Å². The van der Waals surface area contributed by atoms with Gasteiger partial charge in [0, 0.05) is 6.21 Å². The molecule has 0 amide bonds. The van der Waals surface area contributed by atoms with Gasteiger partial charge in [-0.1, -0.05) is 27.2 Å². The number of aliphatic imine (C=N–C) groups is 1. The summed E-state index contributed by atoms with van der Waals surface area (Å²) < 4.78 is 0. The molecular weight excluding hydrogens is 184 g/mol. The van der Waals surface area contributed by atoms with Gasteiger partial charge >= 0.3 is 0 Å². The lowest BCUT2D eigenvalue weighted by atomic mass is 9.77. The fraction of sp³-hybridized carbons (Fsp3) is 0.923. The first kappa shape index (κ1) is 12.7. The third-order valence-electron chi connectivity index (χ3n) is 4.00. The first-order valence-corrected chi connectivity index (χ1v) is 6.27. The quantitative estimate of drug-likeness (QED) is 0.672. The molecule has 2 nitrogen and oxygen atoms in total. The van der Waals surface area contributed by atoms with Crippen molar-refractivity contribution in [2.24, 2.45) is 28.0 Å². The Hall–Kier alpha value is -0.370. The van der Waals surface area contributed by atoms with Crippen LogP contribution in [0, 0.1) is 17.3 Å². The molecule has 1 aliphatic rings. The van der Waals surface area contributed by atoms with Crippen LogP contribution in [0.25, 0.3) is 0 Å². The Balaban J connectivity index is 2.34. The topological polar surface area (TPSA) is 38.4 Å². The van der Waals surface area contributed by atoms with E-state index in [9.17, 15) is 0 Å². The molecule has 1 fully saturated rings. The van der Waals surface area contributed by atoms with Crippen molar-refractivity contribution in [1.29, 1.82) is 0 Å². The van der Waals surface area contributed by atoms with Crippen molar-refractivity contribution < 1.29 is 0 Å². The summed E-state index contributed by atoms with van der Waals surface area (Å²) in [7, 11) is 0. The van der Waals surface area contributed by atoms with Gasteiger partial charge in [0.1, 0.15) is 0 Å². The highest BCUT2D eigenvalue weighted by Gasteiger charge is 2.45. The van der Waals surface area contributed by atoms with Crippen LogP contribution in [0.1, 0.15) is 53.4 Å². The third-order valence-corrected chi connectivity index (χ3v) is 4.00. The summed E-state index contributed by atoms with van der Waals surface area (Å²) in [6, 6.07) is 0. The highest BCUT2D eigenvalue weighted by atomic mass is 14.9. The number of hydrogen-bond donors (Lipinski definition) is 1. The van der Waals surface area contributed by atoms with Crippen LogP contribution in [0.4, 0.5) is 0 Å². The van der Waals surface area contributed by atoms with Crippen LogP contribution >= 0.6 is 0 Å². The smallest absolute Gasteiger partial charge is 0.0936 e. The zero-order valence-electron chi connectivity index (χ0n) is 10.7. The van der Waals surface area contributed by atoms with E-state index in [1.54, 1.807) is 0 Å². The van der Waals surface area contributed by atoms with Crippen LogP contribution < -0.4 is 5.73 Å². The first-order chi connectivity index (χ1) is 6.99. The van der Waals surface area contributed by atoms with Gasteiger partial charge in [0.15, 0.2) is 0 Å². The maximum Gasteiger partial charge on any atom is 0.0936 e. The van der Waals surface area contributed by atoms with Gasteiger partial charge in [-0.15, -0.1) is 0 Å². The van der Waals surface area contributed by atoms with Crippen LogP contribution in [0.5, 0.6) is 0 Å². The maximum absolute atomic E-state index is 5.57. The van der Waals surface area contributed by atoms with Crippen molar-refractivity contribution in [2.75, 3.05) is 0 Å². The summed E-state index contributed by atoms with van der Waals surface area (Å²) in [5.74, 6) is 1.89. The van der Waals surface area contributed by atoms with Gasteiger partial charge in [-0.25, -0.2) is 0 Å². The molecular formula is C13H26N2. The standard InChI is InChI=1S/C13H26N2/c1-5-13(4,12-9-10(12)2)7-6-8-15-11(3)14/h8,10-12H,5-7,9,14H2,1-4H3/b15-8+. The highest BCUT2D eigenvalue weighted by Crippen LogP contribution is 2.54. The molecule has 1 aliphatic carbocycles. The fourth-order valence-electron chi connectivity index (χ4n) is 2.55. The number of hydrogen-bond acceptors (Lipinski definition) is 2. The Morgan fingerprint density at radius 2 is 2.20 bits per heavy atom. The zero-order valence-corrected chi connectivity index (χ0v) is 10.7. The van der Waals surface area contributed by atoms with Crippen LogP contribution in [0.15, 0.2) is 4.99 Å². The average Bonchev–Trinajstić information content (AvgIpc) is 2.90. The summed E-state index contributed by atoms with van der Waals surface area (Å²) >= 11 is 0. The second-order valence-corrected chi connectivity index (χ2v) is 5.44. The van der Waals surface area contributed by atoms with E-state index in [4.69, 9.17) is 5.73 Å². The number of rotatable bonds is 6. The SMILES string of the molecule is CCC(C)(CC/C=N/C(C)N)C1CC1C. The molecule has 2 heteroatoms. The molecule has 4 unspecified atom stereocenters. The molecule has 0 aliphatic heterocycles. The minimum atomic E-state index is -0.0438. The minimum Gasteiger partial charge on any atom is -0.310 e. The van der Waals surface area contributed by atoms with Crippen LogP contribution in [-0.4, -0.2) is 12.4 Å². The van der Waals surface area contributed by atoms with E-state index < -0.39 is 0 Å². The third kappa shape index (κ3) is 3.60. The molecule has 0 radical (unpaired) electrons. The molecule has 0 aromatic carbocycles. The highest BCUT2D eigenvalue weighted by molar-refractivity contribution is 5.57. The number of nitrogens with zero attached hydrogens (tertiary/aromatic N) is 1. The Kier molecular flexibility index (Phi) is 4.32. The second-order valence-electron chi connectivity index (χ2n) is 5.44. The second kappa shape index (κ2) is 5.11. The predicted molar refractivity (Wildman–Crippen MR) is 67.0 cm³/mol. The van der Waals surface area contributed by atoms with Crippen LogP contribution in [0.2, 0.25) is 0 Å². The van der Waals surface area contributed by atoms with Gasteiger partial charge in [0.05, 0.1) is 6.17 Å². The molecule has 0 saturated heterocycles. The molecule has 88 valence electrons. The van der Waals surface area contributed by atoms with Gasteiger partial charge in [0.25, 0.3) is 0 Å². The Bertz CT molecular complexity index is 223. The van der Waals surface area contributed by atoms with E-state index in [1.165, 1.54) is 19.3 Å². The van der Waals surface area contributed by atoms with Crippen molar-refractivity contribution >= 4 is 6.21 Å². The van der Waals surface area contributed by atoms with Crippen molar-refractivity contribution in [3.63, 3.8) is 0 Å². The van der Waals surface area contributed by atoms with Crippen molar-refractivity contribution in [3.8, 4) is 0 Å². The van der Waals surface area contributed by atoms with E-state index >= 15 is 0 Å². The molecule has 0 aromatic heterocycles. The van der Waals surface area contributed by atoms with Gasteiger partial charge in [-0.2, -0.15) is 0 Å². The van der Waals surface area contributed by atoms with Crippen molar-refractivity contribution in [1.82, 2.24) is 0 Å². The van der Waals surface area contributed by atoms with Gasteiger partial charge in [0.2, 0.25) is 0 Å². The molecule has 2 N–H and O–H groups in total. The Labute approximate surface area is 94.3 Å². The van der Waals surface area contributed by atoms with Crippen LogP contribution in [-0.2, 0) is 0 Å². The minimum absolute atomic E-state index is 0.0438. The summed E-state index contributed by atoms with van der Waals surface area (Å²) in [4.78, 5) is 4.21. The molecule has 4 atom stereocenters. The largest absolute Gasteiger partial charge is 0.310 e. The summed E-state index contributed by atoms with van der Waals surface area (Å²) in [5.41, 5.74) is 6.10. The summed E-state index contributed by atoms with van der Waals surface area (Å²) in [6.45, 7) is 9.03. The Morgan fingerprint density at radius 3 is 2.60 bits per heavy atom. The monoisotopic (exact) mass is 210 g/mol. The van der Waals surface area contributed by atoms with Crippen LogP contribution in [0.3, 0.4) is 0 Å². The lowest BCUT2D eigenvalue weighted by Crippen LogP contribution is -2.19. The lowest BCUT2D eigenvalue weighted by Gasteiger charge is -2.28. The zero-order chi connectivity index (χ0) is 11.5. The molecule has 0 spiro atoms. The predicted octanol–water partition coefficient (Wildman–Crippen LogP) is 3.21. The molecule has 0 bridgehead atoms. The number of nitrogens with two attached hydrogens (primary N) is 1.